The van der Waals surface area contributed by atoms with Crippen LogP contribution in [0.4, 0.5) is 5.69 Å². The molecule has 0 saturated heterocycles. The zero-order valence-corrected chi connectivity index (χ0v) is 13.2. The van der Waals surface area contributed by atoms with Gasteiger partial charge >= 0.3 is 0 Å². The number of para-hydroxylation sites is 1. The highest BCUT2D eigenvalue weighted by Crippen LogP contribution is 2.26. The van der Waals surface area contributed by atoms with E-state index in [9.17, 15) is 4.79 Å². The smallest absolute Gasteiger partial charge is 0.220 e. The average Bonchev–Trinajstić information content (AvgIpc) is 2.52. The van der Waals surface area contributed by atoms with Gasteiger partial charge in [0.15, 0.2) is 0 Å². The number of amides is 1. The molecule has 1 aromatic rings. The molecule has 0 unspecified atom stereocenters. The molecule has 1 aromatic carbocycles. The largest absolute Gasteiger partial charge is 0.385 e. The summed E-state index contributed by atoms with van der Waals surface area (Å²) < 4.78 is 0. The van der Waals surface area contributed by atoms with E-state index in [1.54, 1.807) is 0 Å². The summed E-state index contributed by atoms with van der Waals surface area (Å²) in [6, 6.07) is 6.51. The maximum atomic E-state index is 11.8. The van der Waals surface area contributed by atoms with Gasteiger partial charge in [-0.05, 0) is 36.8 Å². The molecule has 1 amide bonds. The lowest BCUT2D eigenvalue weighted by atomic mass is 9.98. The van der Waals surface area contributed by atoms with Crippen molar-refractivity contribution in [1.82, 2.24) is 5.32 Å². The predicted molar refractivity (Wildman–Crippen MR) is 88.7 cm³/mol. The second kappa shape index (κ2) is 8.71. The Hall–Kier alpha value is -1.51. The Balaban J connectivity index is 1.72. The van der Waals surface area contributed by atoms with Gasteiger partial charge in [-0.15, -0.1) is 0 Å². The van der Waals surface area contributed by atoms with E-state index in [0.717, 1.165) is 25.9 Å². The van der Waals surface area contributed by atoms with Gasteiger partial charge in [-0.25, -0.2) is 0 Å². The molecule has 0 atom stereocenters. The monoisotopic (exact) mass is 288 g/mol. The first-order valence-electron chi connectivity index (χ1n) is 8.42. The summed E-state index contributed by atoms with van der Waals surface area (Å²) in [5, 5.41) is 6.55. The van der Waals surface area contributed by atoms with Crippen molar-refractivity contribution in [1.29, 1.82) is 0 Å². The van der Waals surface area contributed by atoms with E-state index in [-0.39, 0.29) is 5.91 Å². The Morgan fingerprint density at radius 1 is 1.29 bits per heavy atom. The molecule has 0 bridgehead atoms. The van der Waals surface area contributed by atoms with E-state index < -0.39 is 0 Å². The van der Waals surface area contributed by atoms with Crippen LogP contribution in [0.15, 0.2) is 18.2 Å². The molecule has 1 aliphatic heterocycles. The van der Waals surface area contributed by atoms with E-state index >= 15 is 0 Å². The molecule has 3 heteroatoms. The third kappa shape index (κ3) is 5.07. The fraction of sp³-hybridized carbons (Fsp3) is 0.611. The Morgan fingerprint density at radius 2 is 2.19 bits per heavy atom. The molecule has 21 heavy (non-hydrogen) atoms. The molecule has 0 spiro atoms. The Labute approximate surface area is 128 Å². The molecule has 3 nitrogen and oxygen atoms in total. The van der Waals surface area contributed by atoms with Crippen LogP contribution in [-0.4, -0.2) is 19.0 Å². The zero-order chi connectivity index (χ0) is 14.9. The van der Waals surface area contributed by atoms with E-state index in [4.69, 9.17) is 0 Å². The van der Waals surface area contributed by atoms with Crippen molar-refractivity contribution in [2.24, 2.45) is 0 Å². The first kappa shape index (κ1) is 15.9. The van der Waals surface area contributed by atoms with Crippen molar-refractivity contribution in [2.75, 3.05) is 18.4 Å². The number of hydrogen-bond donors (Lipinski definition) is 2. The molecular weight excluding hydrogens is 260 g/mol. The highest BCUT2D eigenvalue weighted by molar-refractivity contribution is 5.75. The predicted octanol–water partition coefficient (Wildman–Crippen LogP) is 3.67. The SMILES string of the molecule is CCCCCCC(=O)NCCc1cccc2c1NCCC2. The molecule has 1 aliphatic rings. The lowest BCUT2D eigenvalue weighted by Gasteiger charge is -2.21. The molecule has 1 heterocycles. The van der Waals surface area contributed by atoms with E-state index in [0.29, 0.717) is 6.42 Å². The van der Waals surface area contributed by atoms with Crippen LogP contribution in [0.25, 0.3) is 0 Å². The number of unbranched alkanes of at least 4 members (excludes halogenated alkanes) is 3. The fourth-order valence-corrected chi connectivity index (χ4v) is 2.93. The topological polar surface area (TPSA) is 41.1 Å². The van der Waals surface area contributed by atoms with Crippen LogP contribution in [0.5, 0.6) is 0 Å². The Morgan fingerprint density at radius 3 is 3.05 bits per heavy atom. The standard InChI is InChI=1S/C18H28N2O/c1-2-3-4-5-11-17(21)19-14-12-16-9-6-8-15-10-7-13-20-18(15)16/h6,8-9,20H,2-5,7,10-14H2,1H3,(H,19,21). The molecule has 2 rings (SSSR count). The molecule has 0 aliphatic carbocycles. The van der Waals surface area contributed by atoms with E-state index in [1.807, 2.05) is 0 Å². The van der Waals surface area contributed by atoms with Crippen LogP contribution in [0.1, 0.15) is 56.6 Å². The summed E-state index contributed by atoms with van der Waals surface area (Å²) in [4.78, 5) is 11.8. The quantitative estimate of drug-likeness (QED) is 0.717. The lowest BCUT2D eigenvalue weighted by molar-refractivity contribution is -0.121. The summed E-state index contributed by atoms with van der Waals surface area (Å²) in [7, 11) is 0. The number of fused-ring (bicyclic) bond motifs is 1. The van der Waals surface area contributed by atoms with Crippen LogP contribution in [0.2, 0.25) is 0 Å². The van der Waals surface area contributed by atoms with Crippen molar-refractivity contribution >= 4 is 11.6 Å². The van der Waals surface area contributed by atoms with E-state index in [1.165, 1.54) is 48.9 Å². The summed E-state index contributed by atoms with van der Waals surface area (Å²) in [5.41, 5.74) is 4.06. The van der Waals surface area contributed by atoms with Gasteiger partial charge in [-0.3, -0.25) is 4.79 Å². The van der Waals surface area contributed by atoms with Gasteiger partial charge in [0.2, 0.25) is 5.91 Å². The number of hydrogen-bond acceptors (Lipinski definition) is 2. The van der Waals surface area contributed by atoms with Crippen LogP contribution in [0.3, 0.4) is 0 Å². The summed E-state index contributed by atoms with van der Waals surface area (Å²) in [5.74, 6) is 0.198. The minimum atomic E-state index is 0.198. The van der Waals surface area contributed by atoms with Gasteiger partial charge in [0.1, 0.15) is 0 Å². The number of carbonyl (C=O) groups is 1. The van der Waals surface area contributed by atoms with Gasteiger partial charge in [0.25, 0.3) is 0 Å². The number of benzene rings is 1. The normalized spacial score (nSPS) is 13.4. The number of aryl methyl sites for hydroxylation is 1. The van der Waals surface area contributed by atoms with Crippen LogP contribution in [-0.2, 0) is 17.6 Å². The van der Waals surface area contributed by atoms with E-state index in [2.05, 4.69) is 35.8 Å². The summed E-state index contributed by atoms with van der Waals surface area (Å²) in [6.07, 6.45) is 8.60. The van der Waals surface area contributed by atoms with Crippen molar-refractivity contribution in [3.63, 3.8) is 0 Å². The minimum Gasteiger partial charge on any atom is -0.385 e. The molecule has 0 radical (unpaired) electrons. The number of rotatable bonds is 8. The maximum Gasteiger partial charge on any atom is 0.220 e. The van der Waals surface area contributed by atoms with Crippen LogP contribution < -0.4 is 10.6 Å². The maximum absolute atomic E-state index is 11.8. The van der Waals surface area contributed by atoms with Crippen molar-refractivity contribution in [3.8, 4) is 0 Å². The lowest BCUT2D eigenvalue weighted by Crippen LogP contribution is -2.26. The van der Waals surface area contributed by atoms with Gasteiger partial charge in [0, 0.05) is 25.2 Å². The van der Waals surface area contributed by atoms with Crippen molar-refractivity contribution in [2.45, 2.75) is 58.3 Å². The fourth-order valence-electron chi connectivity index (χ4n) is 2.93. The molecule has 0 fully saturated rings. The molecule has 0 aromatic heterocycles. The highest BCUT2D eigenvalue weighted by atomic mass is 16.1. The van der Waals surface area contributed by atoms with Crippen LogP contribution >= 0.6 is 0 Å². The molecule has 116 valence electrons. The summed E-state index contributed by atoms with van der Waals surface area (Å²) in [6.45, 7) is 3.99. The van der Waals surface area contributed by atoms with Crippen molar-refractivity contribution in [3.05, 3.63) is 29.3 Å². The molecule has 0 saturated carbocycles. The Kier molecular flexibility index (Phi) is 6.58. The second-order valence-corrected chi connectivity index (χ2v) is 5.89. The number of nitrogens with one attached hydrogen (secondary N) is 2. The highest BCUT2D eigenvalue weighted by Gasteiger charge is 2.12. The third-order valence-electron chi connectivity index (χ3n) is 4.14. The average molecular weight is 288 g/mol. The van der Waals surface area contributed by atoms with Gasteiger partial charge < -0.3 is 10.6 Å². The van der Waals surface area contributed by atoms with Gasteiger partial charge in [-0.1, -0.05) is 44.4 Å². The molecular formula is C18H28N2O. The minimum absolute atomic E-state index is 0.198. The van der Waals surface area contributed by atoms with Crippen molar-refractivity contribution < 1.29 is 4.79 Å². The second-order valence-electron chi connectivity index (χ2n) is 5.89. The Bertz CT molecular complexity index is 457. The summed E-state index contributed by atoms with van der Waals surface area (Å²) >= 11 is 0. The number of anilines is 1. The number of carbonyl (C=O) groups excluding carboxylic acids is 1. The zero-order valence-electron chi connectivity index (χ0n) is 13.2. The van der Waals surface area contributed by atoms with Gasteiger partial charge in [-0.2, -0.15) is 0 Å². The van der Waals surface area contributed by atoms with Crippen LogP contribution in [0, 0.1) is 0 Å². The van der Waals surface area contributed by atoms with Gasteiger partial charge in [0.05, 0.1) is 0 Å². The first-order valence-corrected chi connectivity index (χ1v) is 8.42. The molecule has 2 N–H and O–H groups in total. The first-order chi connectivity index (χ1) is 10.3. The third-order valence-corrected chi connectivity index (χ3v) is 4.14.